The maximum atomic E-state index is 10.8. The van der Waals surface area contributed by atoms with Gasteiger partial charge in [0.05, 0.1) is 21.9 Å². The van der Waals surface area contributed by atoms with Crippen LogP contribution in [0.4, 0.5) is 0 Å². The van der Waals surface area contributed by atoms with Crippen molar-refractivity contribution in [1.29, 1.82) is 0 Å². The number of aromatic nitrogens is 2. The molecule has 0 aromatic carbocycles. The second kappa shape index (κ2) is 4.08. The number of hydrogen-bond donors (Lipinski definition) is 1. The molecule has 0 aliphatic heterocycles. The third-order valence-electron chi connectivity index (χ3n) is 2.07. The number of halogens is 2. The summed E-state index contributed by atoms with van der Waals surface area (Å²) in [5.74, 6) is -1.04. The normalized spacial score (nSPS) is 10.7. The first kappa shape index (κ1) is 11.4. The van der Waals surface area contributed by atoms with Crippen LogP contribution in [-0.2, 0) is 7.05 Å². The number of nitrogens with zero attached hydrogens (tertiary/aromatic N) is 2. The summed E-state index contributed by atoms with van der Waals surface area (Å²) >= 11 is 13.0. The van der Waals surface area contributed by atoms with Crippen LogP contribution in [0.25, 0.3) is 11.3 Å². The Morgan fingerprint density at radius 3 is 2.69 bits per heavy atom. The zero-order chi connectivity index (χ0) is 11.9. The summed E-state index contributed by atoms with van der Waals surface area (Å²) in [4.78, 5) is 11.0. The van der Waals surface area contributed by atoms with Crippen molar-refractivity contribution in [2.45, 2.75) is 0 Å². The van der Waals surface area contributed by atoms with Gasteiger partial charge in [-0.05, 0) is 0 Å². The smallest absolute Gasteiger partial charge is 0.347 e. The van der Waals surface area contributed by atoms with Crippen LogP contribution in [0.15, 0.2) is 11.6 Å². The number of carboxylic acids is 1. The lowest BCUT2D eigenvalue weighted by Gasteiger charge is -2.01. The molecule has 7 heteroatoms. The number of hydrogen-bond acceptors (Lipinski definition) is 3. The van der Waals surface area contributed by atoms with Gasteiger partial charge in [0.2, 0.25) is 0 Å². The molecule has 0 aliphatic carbocycles. The average molecular weight is 277 g/mol. The third-order valence-corrected chi connectivity index (χ3v) is 3.82. The van der Waals surface area contributed by atoms with Crippen molar-refractivity contribution < 1.29 is 9.90 Å². The first-order valence-electron chi connectivity index (χ1n) is 4.20. The van der Waals surface area contributed by atoms with E-state index in [1.807, 2.05) is 0 Å². The van der Waals surface area contributed by atoms with Crippen molar-refractivity contribution in [3.63, 3.8) is 0 Å². The van der Waals surface area contributed by atoms with Crippen LogP contribution >= 0.6 is 34.5 Å². The molecule has 16 heavy (non-hydrogen) atoms. The van der Waals surface area contributed by atoms with Crippen LogP contribution in [0.3, 0.4) is 0 Å². The fraction of sp³-hybridized carbons (Fsp3) is 0.111. The Morgan fingerprint density at radius 1 is 1.56 bits per heavy atom. The van der Waals surface area contributed by atoms with E-state index in [-0.39, 0.29) is 9.90 Å². The van der Waals surface area contributed by atoms with E-state index < -0.39 is 5.97 Å². The molecule has 1 N–H and O–H groups in total. The van der Waals surface area contributed by atoms with Gasteiger partial charge in [-0.2, -0.15) is 5.10 Å². The van der Waals surface area contributed by atoms with E-state index in [1.165, 1.54) is 6.20 Å². The topological polar surface area (TPSA) is 55.1 Å². The summed E-state index contributed by atoms with van der Waals surface area (Å²) in [6, 6.07) is 0. The lowest BCUT2D eigenvalue weighted by atomic mass is 10.2. The van der Waals surface area contributed by atoms with Crippen molar-refractivity contribution in [2.75, 3.05) is 0 Å². The predicted molar refractivity (Wildman–Crippen MR) is 63.5 cm³/mol. The van der Waals surface area contributed by atoms with E-state index in [9.17, 15) is 4.79 Å². The largest absolute Gasteiger partial charge is 0.477 e. The van der Waals surface area contributed by atoms with E-state index >= 15 is 0 Å². The zero-order valence-corrected chi connectivity index (χ0v) is 10.4. The molecule has 84 valence electrons. The summed E-state index contributed by atoms with van der Waals surface area (Å²) < 4.78 is 1.56. The quantitative estimate of drug-likeness (QED) is 0.917. The number of rotatable bonds is 2. The lowest BCUT2D eigenvalue weighted by Crippen LogP contribution is -1.95. The lowest BCUT2D eigenvalue weighted by molar-refractivity contribution is 0.0702. The molecule has 0 amide bonds. The van der Waals surface area contributed by atoms with E-state index in [0.29, 0.717) is 16.3 Å². The Hall–Kier alpha value is -1.04. The molecule has 2 aromatic rings. The monoisotopic (exact) mass is 276 g/mol. The van der Waals surface area contributed by atoms with Gasteiger partial charge >= 0.3 is 5.97 Å². The zero-order valence-electron chi connectivity index (χ0n) is 8.07. The minimum atomic E-state index is -1.04. The van der Waals surface area contributed by atoms with Gasteiger partial charge in [-0.1, -0.05) is 23.2 Å². The van der Waals surface area contributed by atoms with Crippen LogP contribution in [0.1, 0.15) is 9.67 Å². The molecule has 4 nitrogen and oxygen atoms in total. The fourth-order valence-electron chi connectivity index (χ4n) is 1.36. The van der Waals surface area contributed by atoms with Crippen LogP contribution in [0.2, 0.25) is 10.0 Å². The van der Waals surface area contributed by atoms with Gasteiger partial charge in [0, 0.05) is 18.0 Å². The Morgan fingerprint density at radius 2 is 2.25 bits per heavy atom. The summed E-state index contributed by atoms with van der Waals surface area (Å²) in [6.45, 7) is 0. The van der Waals surface area contributed by atoms with Gasteiger partial charge in [-0.25, -0.2) is 4.79 Å². The molecule has 2 aromatic heterocycles. The molecule has 0 fully saturated rings. The summed E-state index contributed by atoms with van der Waals surface area (Å²) in [5, 5.41) is 15.2. The van der Waals surface area contributed by atoms with Crippen molar-refractivity contribution >= 4 is 40.5 Å². The van der Waals surface area contributed by atoms with Crippen molar-refractivity contribution in [2.24, 2.45) is 7.05 Å². The van der Waals surface area contributed by atoms with Gasteiger partial charge < -0.3 is 5.11 Å². The molecule has 0 radical (unpaired) electrons. The molecule has 0 bridgehead atoms. The molecule has 0 atom stereocenters. The summed E-state index contributed by atoms with van der Waals surface area (Å²) in [5.41, 5.74) is 1.21. The molecule has 2 rings (SSSR count). The molecule has 0 saturated carbocycles. The van der Waals surface area contributed by atoms with E-state index in [0.717, 1.165) is 11.3 Å². The van der Waals surface area contributed by atoms with Gasteiger partial charge in [-0.15, -0.1) is 11.3 Å². The van der Waals surface area contributed by atoms with Gasteiger partial charge in [0.1, 0.15) is 4.88 Å². The van der Waals surface area contributed by atoms with Gasteiger partial charge in [-0.3, -0.25) is 4.68 Å². The Bertz CT molecular complexity index is 542. The van der Waals surface area contributed by atoms with E-state index in [1.54, 1.807) is 17.1 Å². The maximum absolute atomic E-state index is 10.8. The molecule has 0 unspecified atom stereocenters. The summed E-state index contributed by atoms with van der Waals surface area (Å²) in [6.07, 6.45) is 1.49. The number of aromatic carboxylic acids is 1. The summed E-state index contributed by atoms with van der Waals surface area (Å²) in [7, 11) is 1.72. The first-order chi connectivity index (χ1) is 7.52. The highest BCUT2D eigenvalue weighted by atomic mass is 35.5. The number of carboxylic acid groups (broad SMARTS) is 1. The van der Waals surface area contributed by atoms with Crippen LogP contribution in [-0.4, -0.2) is 20.9 Å². The standard InChI is InChI=1S/C9H6Cl2N2O2S/c1-13-7(5(10)2-12-13)4-3-16-8(6(4)11)9(14)15/h2-3H,1H3,(H,14,15). The van der Waals surface area contributed by atoms with Crippen molar-refractivity contribution in [3.05, 3.63) is 26.5 Å². The maximum Gasteiger partial charge on any atom is 0.347 e. The molecule has 2 heterocycles. The van der Waals surface area contributed by atoms with Gasteiger partial charge in [0.25, 0.3) is 0 Å². The third kappa shape index (κ3) is 1.71. The second-order valence-electron chi connectivity index (χ2n) is 3.06. The molecule has 0 spiro atoms. The molecule has 0 aliphatic rings. The van der Waals surface area contributed by atoms with E-state index in [4.69, 9.17) is 28.3 Å². The Balaban J connectivity index is 2.62. The van der Waals surface area contributed by atoms with E-state index in [2.05, 4.69) is 5.10 Å². The predicted octanol–water partition coefficient (Wildman–Crippen LogP) is 3.15. The average Bonchev–Trinajstić information content (AvgIpc) is 2.71. The number of aryl methyl sites for hydroxylation is 1. The first-order valence-corrected chi connectivity index (χ1v) is 5.84. The van der Waals surface area contributed by atoms with Crippen molar-refractivity contribution in [1.82, 2.24) is 9.78 Å². The van der Waals surface area contributed by atoms with Crippen LogP contribution < -0.4 is 0 Å². The minimum absolute atomic E-state index is 0.105. The van der Waals surface area contributed by atoms with Crippen LogP contribution in [0.5, 0.6) is 0 Å². The SMILES string of the molecule is Cn1ncc(Cl)c1-c1csc(C(=O)O)c1Cl. The number of carbonyl (C=O) groups is 1. The van der Waals surface area contributed by atoms with Gasteiger partial charge in [0.15, 0.2) is 0 Å². The second-order valence-corrected chi connectivity index (χ2v) is 4.73. The fourth-order valence-corrected chi connectivity index (χ4v) is 2.83. The minimum Gasteiger partial charge on any atom is -0.477 e. The molecule has 0 saturated heterocycles. The highest BCUT2D eigenvalue weighted by Gasteiger charge is 2.20. The Labute approximate surface area is 105 Å². The molecular weight excluding hydrogens is 271 g/mol. The number of thiophene rings is 1. The highest BCUT2D eigenvalue weighted by Crippen LogP contribution is 2.38. The highest BCUT2D eigenvalue weighted by molar-refractivity contribution is 7.13. The van der Waals surface area contributed by atoms with Crippen molar-refractivity contribution in [3.8, 4) is 11.3 Å². The Kier molecular flexibility index (Phi) is 2.92. The molecular formula is C9H6Cl2N2O2S. The van der Waals surface area contributed by atoms with Crippen LogP contribution in [0, 0.1) is 0 Å².